The topological polar surface area (TPSA) is 72.9 Å². The van der Waals surface area contributed by atoms with Crippen molar-refractivity contribution in [2.45, 2.75) is 0 Å². The minimum absolute atomic E-state index is 0.235. The summed E-state index contributed by atoms with van der Waals surface area (Å²) >= 11 is 3.04. The van der Waals surface area contributed by atoms with Crippen molar-refractivity contribution < 1.29 is 9.18 Å². The zero-order valence-corrected chi connectivity index (χ0v) is 11.0. The summed E-state index contributed by atoms with van der Waals surface area (Å²) in [5.74, 6) is -0.889. The van der Waals surface area contributed by atoms with Crippen LogP contribution in [0.2, 0.25) is 0 Å². The molecule has 0 fully saturated rings. The number of hydrogen-bond acceptors (Lipinski definition) is 3. The molecule has 2 rings (SSSR count). The summed E-state index contributed by atoms with van der Waals surface area (Å²) in [6.07, 6.45) is 1.39. The Balaban J connectivity index is 2.24. The van der Waals surface area contributed by atoms with Gasteiger partial charge in [-0.15, -0.1) is 0 Å². The monoisotopic (exact) mass is 312 g/mol. The summed E-state index contributed by atoms with van der Waals surface area (Å²) in [6.45, 7) is 0. The first-order valence-corrected chi connectivity index (χ1v) is 5.82. The molecule has 0 radical (unpaired) electrons. The number of nitrogens with zero attached hydrogens (tertiary/aromatic N) is 2. The number of amides is 1. The molecule has 0 saturated carbocycles. The first-order chi connectivity index (χ1) is 8.49. The van der Waals surface area contributed by atoms with E-state index in [2.05, 4.69) is 26.3 Å². The van der Waals surface area contributed by atoms with Crippen LogP contribution in [0.3, 0.4) is 0 Å². The van der Waals surface area contributed by atoms with Gasteiger partial charge >= 0.3 is 0 Å². The largest absolute Gasteiger partial charge is 0.396 e. The maximum absolute atomic E-state index is 13.3. The number of nitrogen functional groups attached to an aromatic ring is 1. The molecule has 0 unspecified atom stereocenters. The van der Waals surface area contributed by atoms with E-state index in [0.29, 0.717) is 10.2 Å². The second-order valence-electron chi connectivity index (χ2n) is 3.66. The molecule has 1 heterocycles. The molecule has 0 bridgehead atoms. The second kappa shape index (κ2) is 4.77. The van der Waals surface area contributed by atoms with Gasteiger partial charge in [0.25, 0.3) is 5.91 Å². The highest BCUT2D eigenvalue weighted by atomic mass is 79.9. The molecule has 0 saturated heterocycles. The Morgan fingerprint density at radius 2 is 2.28 bits per heavy atom. The average molecular weight is 313 g/mol. The lowest BCUT2D eigenvalue weighted by Gasteiger charge is -2.06. The maximum atomic E-state index is 13.3. The molecule has 94 valence electrons. The van der Waals surface area contributed by atoms with E-state index in [4.69, 9.17) is 5.73 Å². The molecule has 18 heavy (non-hydrogen) atoms. The van der Waals surface area contributed by atoms with E-state index in [0.717, 1.165) is 0 Å². The summed E-state index contributed by atoms with van der Waals surface area (Å²) in [5, 5.41) is 6.41. The van der Waals surface area contributed by atoms with Crippen LogP contribution in [0.1, 0.15) is 10.5 Å². The molecule has 3 N–H and O–H groups in total. The minimum Gasteiger partial charge on any atom is -0.396 e. The van der Waals surface area contributed by atoms with Crippen molar-refractivity contribution in [1.29, 1.82) is 0 Å². The van der Waals surface area contributed by atoms with E-state index in [9.17, 15) is 9.18 Å². The summed E-state index contributed by atoms with van der Waals surface area (Å²) in [4.78, 5) is 11.9. The highest BCUT2D eigenvalue weighted by molar-refractivity contribution is 9.10. The van der Waals surface area contributed by atoms with Crippen molar-refractivity contribution in [3.63, 3.8) is 0 Å². The molecule has 5 nitrogen and oxygen atoms in total. The molecule has 0 aliphatic carbocycles. The quantitative estimate of drug-likeness (QED) is 0.892. The Morgan fingerprint density at radius 3 is 2.83 bits per heavy atom. The van der Waals surface area contributed by atoms with Gasteiger partial charge in [-0.2, -0.15) is 5.10 Å². The van der Waals surface area contributed by atoms with E-state index in [1.165, 1.54) is 23.0 Å². The van der Waals surface area contributed by atoms with Gasteiger partial charge in [0.05, 0.1) is 16.4 Å². The second-order valence-corrected chi connectivity index (χ2v) is 4.51. The first kappa shape index (κ1) is 12.6. The summed E-state index contributed by atoms with van der Waals surface area (Å²) in [7, 11) is 1.60. The van der Waals surface area contributed by atoms with Gasteiger partial charge in [-0.3, -0.25) is 9.48 Å². The van der Waals surface area contributed by atoms with Gasteiger partial charge in [-0.05, 0) is 34.1 Å². The molecule has 0 aliphatic rings. The number of anilines is 2. The summed E-state index contributed by atoms with van der Waals surface area (Å²) in [5.41, 5.74) is 6.48. The molecule has 2 aromatic rings. The number of carbonyl (C=O) groups is 1. The van der Waals surface area contributed by atoms with Crippen molar-refractivity contribution in [3.8, 4) is 0 Å². The number of halogens is 2. The number of rotatable bonds is 2. The predicted molar refractivity (Wildman–Crippen MR) is 69.7 cm³/mol. The molecule has 0 spiro atoms. The highest BCUT2D eigenvalue weighted by Crippen LogP contribution is 2.20. The van der Waals surface area contributed by atoms with Crippen molar-refractivity contribution >= 4 is 33.2 Å². The molecule has 0 aliphatic heterocycles. The van der Waals surface area contributed by atoms with E-state index in [-0.39, 0.29) is 11.4 Å². The van der Waals surface area contributed by atoms with Gasteiger partial charge in [0, 0.05) is 12.7 Å². The molecule has 1 aromatic carbocycles. The van der Waals surface area contributed by atoms with Crippen LogP contribution < -0.4 is 11.1 Å². The van der Waals surface area contributed by atoms with Crippen molar-refractivity contribution in [3.05, 3.63) is 40.4 Å². The van der Waals surface area contributed by atoms with Crippen LogP contribution >= 0.6 is 15.9 Å². The number of hydrogen-bond donors (Lipinski definition) is 2. The van der Waals surface area contributed by atoms with Gasteiger partial charge in [0.2, 0.25) is 0 Å². The molecule has 0 atom stereocenters. The van der Waals surface area contributed by atoms with Crippen LogP contribution in [-0.4, -0.2) is 15.7 Å². The molecule has 1 amide bonds. The van der Waals surface area contributed by atoms with Crippen molar-refractivity contribution in [1.82, 2.24) is 9.78 Å². The van der Waals surface area contributed by atoms with Crippen LogP contribution in [0.4, 0.5) is 15.8 Å². The van der Waals surface area contributed by atoms with Crippen LogP contribution in [0.25, 0.3) is 0 Å². The van der Waals surface area contributed by atoms with Gasteiger partial charge in [0.1, 0.15) is 11.5 Å². The Hall–Kier alpha value is -1.89. The molecule has 1 aromatic heterocycles. The number of aromatic nitrogens is 2. The lowest BCUT2D eigenvalue weighted by Crippen LogP contribution is -2.17. The van der Waals surface area contributed by atoms with Gasteiger partial charge in [-0.25, -0.2) is 4.39 Å². The predicted octanol–water partition coefficient (Wildman–Crippen LogP) is 2.16. The Labute approximate surface area is 111 Å². The van der Waals surface area contributed by atoms with E-state index in [1.54, 1.807) is 13.1 Å². The zero-order valence-electron chi connectivity index (χ0n) is 9.45. The first-order valence-electron chi connectivity index (χ1n) is 5.03. The normalized spacial score (nSPS) is 10.4. The Bertz CT molecular complexity index is 592. The lowest BCUT2D eigenvalue weighted by atomic mass is 10.3. The fourth-order valence-electron chi connectivity index (χ4n) is 1.50. The molecule has 7 heteroatoms. The molecular weight excluding hydrogens is 303 g/mol. The third kappa shape index (κ3) is 2.35. The van der Waals surface area contributed by atoms with E-state index >= 15 is 0 Å². The van der Waals surface area contributed by atoms with Crippen LogP contribution in [0.15, 0.2) is 28.9 Å². The number of aryl methyl sites for hydroxylation is 1. The molecular formula is C11H10BrFN4O. The zero-order chi connectivity index (χ0) is 13.3. The fourth-order valence-corrected chi connectivity index (χ4v) is 1.74. The third-order valence-corrected chi connectivity index (χ3v) is 3.00. The number of carbonyl (C=O) groups excluding carboxylic acids is 1. The highest BCUT2D eigenvalue weighted by Gasteiger charge is 2.15. The van der Waals surface area contributed by atoms with Crippen molar-refractivity contribution in [2.75, 3.05) is 11.1 Å². The average Bonchev–Trinajstić information content (AvgIpc) is 2.64. The van der Waals surface area contributed by atoms with E-state index < -0.39 is 11.7 Å². The maximum Gasteiger partial charge on any atom is 0.276 e. The van der Waals surface area contributed by atoms with Crippen LogP contribution in [0.5, 0.6) is 0 Å². The minimum atomic E-state index is -0.453. The van der Waals surface area contributed by atoms with Gasteiger partial charge in [0.15, 0.2) is 0 Å². The Kier molecular flexibility index (Phi) is 3.33. The number of benzene rings is 1. The Morgan fingerprint density at radius 1 is 1.56 bits per heavy atom. The standard InChI is InChI=1S/C11H10BrFN4O/c1-17-10(9(14)5-15-17)11(18)16-6-2-3-7(12)8(13)4-6/h2-5H,14H2,1H3,(H,16,18). The van der Waals surface area contributed by atoms with Crippen LogP contribution in [0, 0.1) is 5.82 Å². The van der Waals surface area contributed by atoms with E-state index in [1.807, 2.05) is 0 Å². The van der Waals surface area contributed by atoms with Crippen molar-refractivity contribution in [2.24, 2.45) is 7.05 Å². The van der Waals surface area contributed by atoms with Gasteiger partial charge < -0.3 is 11.1 Å². The van der Waals surface area contributed by atoms with Crippen LogP contribution in [-0.2, 0) is 7.05 Å². The van der Waals surface area contributed by atoms with Gasteiger partial charge in [-0.1, -0.05) is 0 Å². The fraction of sp³-hybridized carbons (Fsp3) is 0.0909. The number of nitrogens with one attached hydrogen (secondary N) is 1. The lowest BCUT2D eigenvalue weighted by molar-refractivity contribution is 0.101. The summed E-state index contributed by atoms with van der Waals surface area (Å²) in [6, 6.07) is 4.31. The summed E-state index contributed by atoms with van der Waals surface area (Å²) < 4.78 is 15.0. The SMILES string of the molecule is Cn1ncc(N)c1C(=O)Nc1ccc(Br)c(F)c1. The third-order valence-electron chi connectivity index (χ3n) is 2.36. The smallest absolute Gasteiger partial charge is 0.276 e. The number of nitrogens with two attached hydrogens (primary N) is 1.